The van der Waals surface area contributed by atoms with Crippen LogP contribution in [-0.4, -0.2) is 36.3 Å². The molecule has 0 amide bonds. The van der Waals surface area contributed by atoms with Gasteiger partial charge in [0, 0.05) is 32.3 Å². The Morgan fingerprint density at radius 3 is 2.76 bits per heavy atom. The first kappa shape index (κ1) is 12.3. The Kier molecular flexibility index (Phi) is 3.97. The number of likely N-dealkylation sites (tertiary alicyclic amines) is 1. The number of phenolic OH excluding ortho intramolecular Hbond substituents is 1. The highest BCUT2D eigenvalue weighted by atomic mass is 19.1. The number of hydrogen-bond donors (Lipinski definition) is 1. The van der Waals surface area contributed by atoms with Crippen LogP contribution < -0.4 is 0 Å². The molecule has 0 radical (unpaired) electrons. The molecule has 0 unspecified atom stereocenters. The van der Waals surface area contributed by atoms with Gasteiger partial charge in [0.15, 0.2) is 0 Å². The van der Waals surface area contributed by atoms with Gasteiger partial charge in [0.25, 0.3) is 0 Å². The normalized spacial score (nSPS) is 18.5. The lowest BCUT2D eigenvalue weighted by Crippen LogP contribution is -2.36. The maximum absolute atomic E-state index is 13.1. The van der Waals surface area contributed by atoms with Crippen LogP contribution in [0, 0.1) is 5.82 Å². The van der Waals surface area contributed by atoms with Crippen LogP contribution in [0.1, 0.15) is 18.4 Å². The molecule has 1 N–H and O–H groups in total. The van der Waals surface area contributed by atoms with Crippen molar-refractivity contribution in [2.45, 2.75) is 25.5 Å². The van der Waals surface area contributed by atoms with Crippen molar-refractivity contribution in [3.05, 3.63) is 29.6 Å². The summed E-state index contributed by atoms with van der Waals surface area (Å²) in [6, 6.07) is 4.08. The fourth-order valence-electron chi connectivity index (χ4n) is 2.22. The molecule has 94 valence electrons. The second-order valence-corrected chi connectivity index (χ2v) is 4.48. The number of rotatable bonds is 3. The van der Waals surface area contributed by atoms with Crippen LogP contribution >= 0.6 is 0 Å². The molecule has 2 rings (SSSR count). The minimum Gasteiger partial charge on any atom is -0.508 e. The minimum absolute atomic E-state index is 0.167. The second kappa shape index (κ2) is 5.47. The molecule has 1 aromatic carbocycles. The van der Waals surface area contributed by atoms with Gasteiger partial charge >= 0.3 is 0 Å². The smallest absolute Gasteiger partial charge is 0.123 e. The Hall–Kier alpha value is -1.13. The van der Waals surface area contributed by atoms with E-state index < -0.39 is 0 Å². The molecule has 1 aromatic rings. The fraction of sp³-hybridized carbons (Fsp3) is 0.538. The van der Waals surface area contributed by atoms with Gasteiger partial charge in [-0.05, 0) is 31.0 Å². The third-order valence-corrected chi connectivity index (χ3v) is 3.30. The molecule has 0 aliphatic carbocycles. The summed E-state index contributed by atoms with van der Waals surface area (Å²) in [7, 11) is 1.73. The summed E-state index contributed by atoms with van der Waals surface area (Å²) in [5, 5.41) is 9.65. The van der Waals surface area contributed by atoms with Crippen molar-refractivity contribution < 1.29 is 14.2 Å². The molecule has 0 aromatic heterocycles. The van der Waals surface area contributed by atoms with Gasteiger partial charge in [-0.15, -0.1) is 0 Å². The predicted molar refractivity (Wildman–Crippen MR) is 63.4 cm³/mol. The maximum atomic E-state index is 13.1. The molecule has 1 aliphatic rings. The van der Waals surface area contributed by atoms with E-state index in [0.29, 0.717) is 18.2 Å². The summed E-state index contributed by atoms with van der Waals surface area (Å²) < 4.78 is 18.4. The van der Waals surface area contributed by atoms with Crippen LogP contribution in [0.15, 0.2) is 18.2 Å². The highest BCUT2D eigenvalue weighted by Gasteiger charge is 2.19. The lowest BCUT2D eigenvalue weighted by Gasteiger charge is -2.31. The fourth-order valence-corrected chi connectivity index (χ4v) is 2.22. The lowest BCUT2D eigenvalue weighted by molar-refractivity contribution is 0.0386. The SMILES string of the molecule is COC1CCN(Cc2cc(F)ccc2O)CC1. The van der Waals surface area contributed by atoms with E-state index >= 15 is 0 Å². The van der Waals surface area contributed by atoms with E-state index in [1.165, 1.54) is 18.2 Å². The number of benzene rings is 1. The maximum Gasteiger partial charge on any atom is 0.123 e. The number of hydrogen-bond acceptors (Lipinski definition) is 3. The van der Waals surface area contributed by atoms with Crippen molar-refractivity contribution in [3.8, 4) is 5.75 Å². The van der Waals surface area contributed by atoms with Crippen LogP contribution in [0.3, 0.4) is 0 Å². The summed E-state index contributed by atoms with van der Waals surface area (Å²) in [6.45, 7) is 2.45. The molecule has 1 fully saturated rings. The van der Waals surface area contributed by atoms with E-state index in [-0.39, 0.29) is 11.6 Å². The average Bonchev–Trinajstić information content (AvgIpc) is 2.35. The molecule has 17 heavy (non-hydrogen) atoms. The molecule has 1 saturated heterocycles. The predicted octanol–water partition coefficient (Wildman–Crippen LogP) is 2.14. The van der Waals surface area contributed by atoms with E-state index in [1.807, 2.05) is 0 Å². The summed E-state index contributed by atoms with van der Waals surface area (Å²) in [5.74, 6) is -0.134. The monoisotopic (exact) mass is 239 g/mol. The molecule has 4 heteroatoms. The van der Waals surface area contributed by atoms with Crippen LogP contribution in [-0.2, 0) is 11.3 Å². The Morgan fingerprint density at radius 1 is 1.41 bits per heavy atom. The van der Waals surface area contributed by atoms with E-state index in [0.717, 1.165) is 25.9 Å². The van der Waals surface area contributed by atoms with Crippen molar-refractivity contribution in [3.63, 3.8) is 0 Å². The highest BCUT2D eigenvalue weighted by Crippen LogP contribution is 2.22. The second-order valence-electron chi connectivity index (χ2n) is 4.48. The summed E-state index contributed by atoms with van der Waals surface area (Å²) in [5.41, 5.74) is 0.654. The molecule has 0 spiro atoms. The zero-order valence-electron chi connectivity index (χ0n) is 10.0. The molecule has 0 atom stereocenters. The number of phenols is 1. The average molecular weight is 239 g/mol. The molecule has 0 saturated carbocycles. The number of halogens is 1. The van der Waals surface area contributed by atoms with Gasteiger partial charge < -0.3 is 9.84 Å². The Balaban J connectivity index is 1.95. The van der Waals surface area contributed by atoms with Crippen LogP contribution in [0.5, 0.6) is 5.75 Å². The number of aromatic hydroxyl groups is 1. The number of piperidine rings is 1. The molecule has 1 aliphatic heterocycles. The molecule has 1 heterocycles. The summed E-state index contributed by atoms with van der Waals surface area (Å²) in [6.07, 6.45) is 2.33. The largest absolute Gasteiger partial charge is 0.508 e. The first-order valence-electron chi connectivity index (χ1n) is 5.91. The first-order valence-corrected chi connectivity index (χ1v) is 5.91. The Labute approximate surface area is 101 Å². The van der Waals surface area contributed by atoms with E-state index in [9.17, 15) is 9.50 Å². The van der Waals surface area contributed by atoms with Gasteiger partial charge in [0.05, 0.1) is 6.10 Å². The quantitative estimate of drug-likeness (QED) is 0.877. The lowest BCUT2D eigenvalue weighted by atomic mass is 10.1. The zero-order valence-corrected chi connectivity index (χ0v) is 10.0. The van der Waals surface area contributed by atoms with Gasteiger partial charge in [-0.3, -0.25) is 4.90 Å². The topological polar surface area (TPSA) is 32.7 Å². The van der Waals surface area contributed by atoms with Crippen LogP contribution in [0.4, 0.5) is 4.39 Å². The van der Waals surface area contributed by atoms with Gasteiger partial charge in [0.1, 0.15) is 11.6 Å². The Bertz CT molecular complexity index is 376. The van der Waals surface area contributed by atoms with E-state index in [1.54, 1.807) is 7.11 Å². The summed E-state index contributed by atoms with van der Waals surface area (Å²) >= 11 is 0. The molecule has 0 bridgehead atoms. The van der Waals surface area contributed by atoms with Crippen molar-refractivity contribution in [2.24, 2.45) is 0 Å². The van der Waals surface area contributed by atoms with Crippen LogP contribution in [0.2, 0.25) is 0 Å². The third kappa shape index (κ3) is 3.17. The molecule has 3 nitrogen and oxygen atoms in total. The first-order chi connectivity index (χ1) is 8.19. The van der Waals surface area contributed by atoms with Crippen molar-refractivity contribution in [2.75, 3.05) is 20.2 Å². The van der Waals surface area contributed by atoms with Gasteiger partial charge in [-0.2, -0.15) is 0 Å². The third-order valence-electron chi connectivity index (χ3n) is 3.30. The van der Waals surface area contributed by atoms with E-state index in [2.05, 4.69) is 4.90 Å². The number of nitrogens with zero attached hydrogens (tertiary/aromatic N) is 1. The van der Waals surface area contributed by atoms with Crippen LogP contribution in [0.25, 0.3) is 0 Å². The van der Waals surface area contributed by atoms with Gasteiger partial charge in [-0.1, -0.05) is 0 Å². The zero-order chi connectivity index (χ0) is 12.3. The molecular weight excluding hydrogens is 221 g/mol. The van der Waals surface area contributed by atoms with Crippen molar-refractivity contribution in [1.82, 2.24) is 4.90 Å². The van der Waals surface area contributed by atoms with Gasteiger partial charge in [-0.25, -0.2) is 4.39 Å². The molecular formula is C13H18FNO2. The van der Waals surface area contributed by atoms with Crippen molar-refractivity contribution in [1.29, 1.82) is 0 Å². The number of methoxy groups -OCH3 is 1. The standard InChI is InChI=1S/C13H18FNO2/c1-17-12-4-6-15(7-5-12)9-10-8-11(14)2-3-13(10)16/h2-3,8,12,16H,4-7,9H2,1H3. The minimum atomic E-state index is -0.301. The Morgan fingerprint density at radius 2 is 2.12 bits per heavy atom. The van der Waals surface area contributed by atoms with E-state index in [4.69, 9.17) is 4.74 Å². The highest BCUT2D eigenvalue weighted by molar-refractivity contribution is 5.32. The summed E-state index contributed by atoms with van der Waals surface area (Å²) in [4.78, 5) is 2.21. The number of ether oxygens (including phenoxy) is 1. The van der Waals surface area contributed by atoms with Gasteiger partial charge in [0.2, 0.25) is 0 Å². The van der Waals surface area contributed by atoms with Crippen molar-refractivity contribution >= 4 is 0 Å².